The second kappa shape index (κ2) is 5.46. The lowest BCUT2D eigenvalue weighted by Gasteiger charge is -2.16. The first-order valence-electron chi connectivity index (χ1n) is 5.11. The second-order valence-corrected chi connectivity index (χ2v) is 3.53. The van der Waals surface area contributed by atoms with Crippen molar-refractivity contribution >= 4 is 5.91 Å². The van der Waals surface area contributed by atoms with Crippen molar-refractivity contribution in [3.63, 3.8) is 0 Å². The van der Waals surface area contributed by atoms with Crippen molar-refractivity contribution in [3.8, 4) is 0 Å². The molecule has 0 saturated heterocycles. The zero-order chi connectivity index (χ0) is 11.3. The summed E-state index contributed by atoms with van der Waals surface area (Å²) in [6, 6.07) is 3.30. The molecule has 1 aromatic heterocycles. The zero-order valence-corrected chi connectivity index (χ0v) is 9.10. The highest BCUT2D eigenvalue weighted by molar-refractivity contribution is 5.81. The maximum Gasteiger partial charge on any atom is 0.237 e. The van der Waals surface area contributed by atoms with E-state index in [9.17, 15) is 4.79 Å². The van der Waals surface area contributed by atoms with Crippen LogP contribution in [0.5, 0.6) is 0 Å². The Balaban J connectivity index is 2.56. The highest BCUT2D eigenvalue weighted by Crippen LogP contribution is 2.10. The minimum absolute atomic E-state index is 0.0295. The fourth-order valence-electron chi connectivity index (χ4n) is 1.24. The molecule has 0 spiro atoms. The summed E-state index contributed by atoms with van der Waals surface area (Å²) in [5.74, 6) is -0.109. The molecule has 1 aromatic rings. The van der Waals surface area contributed by atoms with E-state index in [1.54, 1.807) is 12.4 Å². The highest BCUT2D eigenvalue weighted by atomic mass is 16.2. The Bertz CT molecular complexity index is 313. The van der Waals surface area contributed by atoms with Gasteiger partial charge in [-0.05, 0) is 31.0 Å². The van der Waals surface area contributed by atoms with Crippen LogP contribution in [0.3, 0.4) is 0 Å². The maximum atomic E-state index is 11.5. The van der Waals surface area contributed by atoms with E-state index < -0.39 is 6.04 Å². The van der Waals surface area contributed by atoms with Gasteiger partial charge in [0.15, 0.2) is 0 Å². The van der Waals surface area contributed by atoms with Crippen LogP contribution in [-0.4, -0.2) is 16.9 Å². The molecular formula is C11H17N3O. The molecule has 1 unspecified atom stereocenters. The number of aromatic nitrogens is 1. The fourth-order valence-corrected chi connectivity index (χ4v) is 1.24. The van der Waals surface area contributed by atoms with E-state index in [-0.39, 0.29) is 11.9 Å². The van der Waals surface area contributed by atoms with E-state index in [4.69, 9.17) is 5.73 Å². The van der Waals surface area contributed by atoms with Crippen molar-refractivity contribution in [1.29, 1.82) is 0 Å². The molecule has 3 N–H and O–H groups in total. The summed E-state index contributed by atoms with van der Waals surface area (Å²) in [6.07, 6.45) is 4.06. The van der Waals surface area contributed by atoms with Gasteiger partial charge in [-0.25, -0.2) is 0 Å². The van der Waals surface area contributed by atoms with Crippen molar-refractivity contribution in [1.82, 2.24) is 10.3 Å². The molecule has 0 aliphatic rings. The molecule has 0 aliphatic heterocycles. The standard InChI is InChI=1S/C11H17N3O/c1-3-10(12)11(15)14-8(2)9-4-6-13-7-5-9/h4-8,10H,3,12H2,1-2H3,(H,14,15)/t8-,10?/m1/s1. The van der Waals surface area contributed by atoms with Crippen molar-refractivity contribution in [2.75, 3.05) is 0 Å². The van der Waals surface area contributed by atoms with Crippen molar-refractivity contribution < 1.29 is 4.79 Å². The van der Waals surface area contributed by atoms with E-state index in [1.807, 2.05) is 26.0 Å². The maximum absolute atomic E-state index is 11.5. The zero-order valence-electron chi connectivity index (χ0n) is 9.10. The number of hydrogen-bond donors (Lipinski definition) is 2. The number of carbonyl (C=O) groups excluding carboxylic acids is 1. The summed E-state index contributed by atoms with van der Waals surface area (Å²) < 4.78 is 0. The Morgan fingerprint density at radius 2 is 2.13 bits per heavy atom. The largest absolute Gasteiger partial charge is 0.348 e. The van der Waals surface area contributed by atoms with E-state index in [0.717, 1.165) is 5.56 Å². The summed E-state index contributed by atoms with van der Waals surface area (Å²) >= 11 is 0. The van der Waals surface area contributed by atoms with Gasteiger partial charge in [0.05, 0.1) is 12.1 Å². The summed E-state index contributed by atoms with van der Waals surface area (Å²) in [6.45, 7) is 3.82. The third-order valence-electron chi connectivity index (χ3n) is 2.34. The van der Waals surface area contributed by atoms with E-state index in [0.29, 0.717) is 6.42 Å². The van der Waals surface area contributed by atoms with Crippen molar-refractivity contribution in [2.45, 2.75) is 32.4 Å². The molecule has 1 rings (SSSR count). The molecule has 4 heteroatoms. The molecule has 1 heterocycles. The van der Waals surface area contributed by atoms with Gasteiger partial charge in [-0.3, -0.25) is 9.78 Å². The highest BCUT2D eigenvalue weighted by Gasteiger charge is 2.14. The summed E-state index contributed by atoms with van der Waals surface area (Å²) in [4.78, 5) is 15.4. The van der Waals surface area contributed by atoms with E-state index in [1.165, 1.54) is 0 Å². The number of carbonyl (C=O) groups is 1. The molecule has 1 amide bonds. The number of pyridine rings is 1. The molecule has 0 radical (unpaired) electrons. The predicted molar refractivity (Wildman–Crippen MR) is 59.1 cm³/mol. The third kappa shape index (κ3) is 3.32. The molecule has 0 saturated carbocycles. The Kier molecular flexibility index (Phi) is 4.24. The van der Waals surface area contributed by atoms with Gasteiger partial charge in [0.1, 0.15) is 0 Å². The monoisotopic (exact) mass is 207 g/mol. The molecule has 82 valence electrons. The first-order chi connectivity index (χ1) is 7.15. The predicted octanol–water partition coefficient (Wildman–Crippen LogP) is 0.996. The second-order valence-electron chi connectivity index (χ2n) is 3.53. The van der Waals surface area contributed by atoms with Crippen LogP contribution < -0.4 is 11.1 Å². The molecule has 0 bridgehead atoms. The normalized spacial score (nSPS) is 14.3. The Hall–Kier alpha value is -1.42. The Morgan fingerprint density at radius 1 is 1.53 bits per heavy atom. The number of nitrogens with two attached hydrogens (primary N) is 1. The quantitative estimate of drug-likeness (QED) is 0.773. The number of hydrogen-bond acceptors (Lipinski definition) is 3. The smallest absolute Gasteiger partial charge is 0.237 e. The van der Waals surface area contributed by atoms with Gasteiger partial charge >= 0.3 is 0 Å². The summed E-state index contributed by atoms with van der Waals surface area (Å²) in [7, 11) is 0. The summed E-state index contributed by atoms with van der Waals surface area (Å²) in [5.41, 5.74) is 6.65. The average molecular weight is 207 g/mol. The van der Waals surface area contributed by atoms with Crippen LogP contribution in [0.4, 0.5) is 0 Å². The molecule has 2 atom stereocenters. The van der Waals surface area contributed by atoms with Gasteiger partial charge < -0.3 is 11.1 Å². The van der Waals surface area contributed by atoms with Gasteiger partial charge in [0, 0.05) is 12.4 Å². The van der Waals surface area contributed by atoms with Gasteiger partial charge in [-0.15, -0.1) is 0 Å². The minimum atomic E-state index is -0.422. The molecule has 15 heavy (non-hydrogen) atoms. The number of nitrogens with zero attached hydrogens (tertiary/aromatic N) is 1. The van der Waals surface area contributed by atoms with Crippen LogP contribution >= 0.6 is 0 Å². The SMILES string of the molecule is CCC(N)C(=O)N[C@H](C)c1ccncc1. The lowest BCUT2D eigenvalue weighted by Crippen LogP contribution is -2.41. The molecule has 0 aromatic carbocycles. The first-order valence-corrected chi connectivity index (χ1v) is 5.11. The average Bonchev–Trinajstić information content (AvgIpc) is 2.29. The molecule has 0 fully saturated rings. The van der Waals surface area contributed by atoms with Crippen molar-refractivity contribution in [3.05, 3.63) is 30.1 Å². The van der Waals surface area contributed by atoms with Gasteiger partial charge in [-0.2, -0.15) is 0 Å². The Labute approximate surface area is 89.9 Å². The van der Waals surface area contributed by atoms with Gasteiger partial charge in [0.25, 0.3) is 0 Å². The van der Waals surface area contributed by atoms with E-state index >= 15 is 0 Å². The van der Waals surface area contributed by atoms with Crippen molar-refractivity contribution in [2.24, 2.45) is 5.73 Å². The number of nitrogens with one attached hydrogen (secondary N) is 1. The summed E-state index contributed by atoms with van der Waals surface area (Å²) in [5, 5.41) is 2.86. The van der Waals surface area contributed by atoms with E-state index in [2.05, 4.69) is 10.3 Å². The van der Waals surface area contributed by atoms with Crippen LogP contribution in [-0.2, 0) is 4.79 Å². The van der Waals surface area contributed by atoms with Gasteiger partial charge in [0.2, 0.25) is 5.91 Å². The topological polar surface area (TPSA) is 68.0 Å². The molecule has 0 aliphatic carbocycles. The van der Waals surface area contributed by atoms with Gasteiger partial charge in [-0.1, -0.05) is 6.92 Å². The Morgan fingerprint density at radius 3 is 2.67 bits per heavy atom. The molecule has 4 nitrogen and oxygen atoms in total. The molecular weight excluding hydrogens is 190 g/mol. The lowest BCUT2D eigenvalue weighted by molar-refractivity contribution is -0.123. The minimum Gasteiger partial charge on any atom is -0.348 e. The first kappa shape index (κ1) is 11.7. The van der Waals surface area contributed by atoms with Crippen LogP contribution in [0.25, 0.3) is 0 Å². The van der Waals surface area contributed by atoms with Crippen LogP contribution in [0.1, 0.15) is 31.9 Å². The van der Waals surface area contributed by atoms with Crippen LogP contribution in [0, 0.1) is 0 Å². The number of amides is 1. The lowest BCUT2D eigenvalue weighted by atomic mass is 10.1. The van der Waals surface area contributed by atoms with Crippen LogP contribution in [0.2, 0.25) is 0 Å². The number of rotatable bonds is 4. The fraction of sp³-hybridized carbons (Fsp3) is 0.455. The van der Waals surface area contributed by atoms with Crippen LogP contribution in [0.15, 0.2) is 24.5 Å². The third-order valence-corrected chi connectivity index (χ3v) is 2.34.